The molecule has 0 saturated heterocycles. The molecule has 3 nitrogen and oxygen atoms in total. The van der Waals surface area contributed by atoms with Gasteiger partial charge in [-0.15, -0.1) is 0 Å². The van der Waals surface area contributed by atoms with Gasteiger partial charge in [0.05, 0.1) is 10.6 Å². The van der Waals surface area contributed by atoms with E-state index in [0.29, 0.717) is 17.2 Å². The van der Waals surface area contributed by atoms with Crippen LogP contribution in [-0.2, 0) is 9.84 Å². The molecule has 0 fully saturated rings. The fourth-order valence-electron chi connectivity index (χ4n) is 2.49. The molecule has 106 valence electrons. The van der Waals surface area contributed by atoms with E-state index in [1.54, 1.807) is 12.1 Å². The van der Waals surface area contributed by atoms with E-state index in [1.165, 1.54) is 0 Å². The van der Waals surface area contributed by atoms with Gasteiger partial charge in [0.2, 0.25) is 0 Å². The molecule has 1 aliphatic rings. The SMILES string of the molecule is CSCC(C)CNC1CCS(=O)(=O)c2ccccc21. The van der Waals surface area contributed by atoms with Gasteiger partial charge < -0.3 is 5.32 Å². The Hall–Kier alpha value is -0.520. The van der Waals surface area contributed by atoms with E-state index in [9.17, 15) is 8.42 Å². The van der Waals surface area contributed by atoms with Crippen LogP contribution in [0.15, 0.2) is 29.2 Å². The van der Waals surface area contributed by atoms with E-state index >= 15 is 0 Å². The summed E-state index contributed by atoms with van der Waals surface area (Å²) in [6.45, 7) is 3.15. The van der Waals surface area contributed by atoms with Gasteiger partial charge in [-0.2, -0.15) is 11.8 Å². The third-order valence-electron chi connectivity index (χ3n) is 3.47. The van der Waals surface area contributed by atoms with Gasteiger partial charge in [-0.1, -0.05) is 25.1 Å². The Bertz CT molecular complexity index is 528. The summed E-state index contributed by atoms with van der Waals surface area (Å²) in [5.74, 6) is 1.97. The highest BCUT2D eigenvalue weighted by molar-refractivity contribution is 7.98. The van der Waals surface area contributed by atoms with Crippen molar-refractivity contribution in [3.63, 3.8) is 0 Å². The average Bonchev–Trinajstić information content (AvgIpc) is 2.38. The molecule has 0 saturated carbocycles. The van der Waals surface area contributed by atoms with Crippen LogP contribution in [0.25, 0.3) is 0 Å². The van der Waals surface area contributed by atoms with E-state index in [4.69, 9.17) is 0 Å². The fourth-order valence-corrected chi connectivity index (χ4v) is 4.80. The largest absolute Gasteiger partial charge is 0.310 e. The molecule has 0 spiro atoms. The summed E-state index contributed by atoms with van der Waals surface area (Å²) in [6, 6.07) is 7.55. The molecule has 0 bridgehead atoms. The summed E-state index contributed by atoms with van der Waals surface area (Å²) in [4.78, 5) is 0.510. The smallest absolute Gasteiger partial charge is 0.178 e. The second-order valence-electron chi connectivity index (χ2n) is 5.17. The molecule has 0 aromatic heterocycles. The Morgan fingerprint density at radius 1 is 1.42 bits per heavy atom. The van der Waals surface area contributed by atoms with Crippen molar-refractivity contribution < 1.29 is 8.42 Å². The number of fused-ring (bicyclic) bond motifs is 1. The van der Waals surface area contributed by atoms with Crippen molar-refractivity contribution in [2.75, 3.05) is 24.3 Å². The van der Waals surface area contributed by atoms with Crippen LogP contribution in [0, 0.1) is 5.92 Å². The highest BCUT2D eigenvalue weighted by atomic mass is 32.2. The predicted molar refractivity (Wildman–Crippen MR) is 81.4 cm³/mol. The lowest BCUT2D eigenvalue weighted by atomic mass is 10.0. The molecular weight excluding hydrogens is 278 g/mol. The maximum Gasteiger partial charge on any atom is 0.178 e. The van der Waals surface area contributed by atoms with E-state index in [1.807, 2.05) is 23.9 Å². The van der Waals surface area contributed by atoms with Crippen molar-refractivity contribution >= 4 is 21.6 Å². The van der Waals surface area contributed by atoms with Crippen LogP contribution in [0.4, 0.5) is 0 Å². The van der Waals surface area contributed by atoms with Crippen molar-refractivity contribution in [1.82, 2.24) is 5.32 Å². The van der Waals surface area contributed by atoms with Gasteiger partial charge in [0, 0.05) is 6.04 Å². The van der Waals surface area contributed by atoms with Gasteiger partial charge in [-0.25, -0.2) is 8.42 Å². The highest BCUT2D eigenvalue weighted by Gasteiger charge is 2.29. The van der Waals surface area contributed by atoms with Crippen molar-refractivity contribution in [3.05, 3.63) is 29.8 Å². The van der Waals surface area contributed by atoms with Crippen LogP contribution in [0.2, 0.25) is 0 Å². The van der Waals surface area contributed by atoms with Crippen molar-refractivity contribution in [3.8, 4) is 0 Å². The molecule has 1 aromatic rings. The fraction of sp³-hybridized carbons (Fsp3) is 0.571. The number of thioether (sulfide) groups is 1. The molecule has 0 amide bonds. The molecule has 1 aromatic carbocycles. The van der Waals surface area contributed by atoms with E-state index in [0.717, 1.165) is 17.9 Å². The third kappa shape index (κ3) is 3.52. The van der Waals surface area contributed by atoms with Gasteiger partial charge in [-0.05, 0) is 42.5 Å². The molecule has 0 radical (unpaired) electrons. The Labute approximate surface area is 120 Å². The van der Waals surface area contributed by atoms with Gasteiger partial charge >= 0.3 is 0 Å². The van der Waals surface area contributed by atoms with E-state index in [2.05, 4.69) is 18.5 Å². The van der Waals surface area contributed by atoms with Crippen LogP contribution >= 0.6 is 11.8 Å². The second-order valence-corrected chi connectivity index (χ2v) is 8.15. The van der Waals surface area contributed by atoms with Crippen molar-refractivity contribution in [2.45, 2.75) is 24.3 Å². The summed E-state index contributed by atoms with van der Waals surface area (Å²) in [6.07, 6.45) is 2.78. The molecule has 1 heterocycles. The number of hydrogen-bond acceptors (Lipinski definition) is 4. The molecule has 0 aliphatic carbocycles. The second kappa shape index (κ2) is 6.29. The van der Waals surface area contributed by atoms with Gasteiger partial charge in [0.25, 0.3) is 0 Å². The number of rotatable bonds is 5. The predicted octanol–water partition coefficient (Wildman–Crippen LogP) is 2.49. The van der Waals surface area contributed by atoms with Crippen LogP contribution in [0.5, 0.6) is 0 Å². The minimum atomic E-state index is -3.07. The summed E-state index contributed by atoms with van der Waals surface area (Å²) in [7, 11) is -3.07. The topological polar surface area (TPSA) is 46.2 Å². The normalized spacial score (nSPS) is 22.7. The lowest BCUT2D eigenvalue weighted by Crippen LogP contribution is -2.32. The number of benzene rings is 1. The summed E-state index contributed by atoms with van der Waals surface area (Å²) < 4.78 is 24.1. The van der Waals surface area contributed by atoms with E-state index < -0.39 is 9.84 Å². The Balaban J connectivity index is 2.12. The Morgan fingerprint density at radius 2 is 2.16 bits per heavy atom. The van der Waals surface area contributed by atoms with Crippen LogP contribution in [0.1, 0.15) is 24.9 Å². The number of hydrogen-bond donors (Lipinski definition) is 1. The molecule has 1 N–H and O–H groups in total. The zero-order valence-electron chi connectivity index (χ0n) is 11.4. The maximum absolute atomic E-state index is 12.0. The van der Waals surface area contributed by atoms with Gasteiger partial charge in [0.1, 0.15) is 0 Å². The van der Waals surface area contributed by atoms with E-state index in [-0.39, 0.29) is 11.8 Å². The first-order valence-corrected chi connectivity index (χ1v) is 9.63. The minimum Gasteiger partial charge on any atom is -0.310 e. The Kier molecular flexibility index (Phi) is 4.92. The summed E-state index contributed by atoms with van der Waals surface area (Å²) >= 11 is 1.85. The first kappa shape index (κ1) is 14.9. The first-order chi connectivity index (χ1) is 9.04. The average molecular weight is 299 g/mol. The molecule has 19 heavy (non-hydrogen) atoms. The maximum atomic E-state index is 12.0. The molecular formula is C14H21NO2S2. The molecule has 1 aliphatic heterocycles. The van der Waals surface area contributed by atoms with Crippen molar-refractivity contribution in [1.29, 1.82) is 0 Å². The van der Waals surface area contributed by atoms with Crippen LogP contribution in [0.3, 0.4) is 0 Å². The summed E-state index contributed by atoms with van der Waals surface area (Å²) in [5, 5.41) is 3.52. The van der Waals surface area contributed by atoms with Gasteiger partial charge in [-0.3, -0.25) is 0 Å². The molecule has 2 rings (SSSR count). The van der Waals surface area contributed by atoms with Crippen LogP contribution < -0.4 is 5.32 Å². The lowest BCUT2D eigenvalue weighted by molar-refractivity contribution is 0.453. The standard InChI is InChI=1S/C14H21NO2S2/c1-11(10-18-2)9-15-13-7-8-19(16,17)14-6-4-3-5-12(13)14/h3-6,11,13,15H,7-10H2,1-2H3. The first-order valence-electron chi connectivity index (χ1n) is 6.58. The van der Waals surface area contributed by atoms with Crippen LogP contribution in [-0.4, -0.2) is 32.7 Å². The minimum absolute atomic E-state index is 0.170. The zero-order valence-corrected chi connectivity index (χ0v) is 13.1. The lowest BCUT2D eigenvalue weighted by Gasteiger charge is -2.27. The third-order valence-corrected chi connectivity index (χ3v) is 6.19. The quantitative estimate of drug-likeness (QED) is 0.907. The molecule has 2 atom stereocenters. The van der Waals surface area contributed by atoms with Gasteiger partial charge in [0.15, 0.2) is 9.84 Å². The summed E-state index contributed by atoms with van der Waals surface area (Å²) in [5.41, 5.74) is 0.935. The highest BCUT2D eigenvalue weighted by Crippen LogP contribution is 2.31. The monoisotopic (exact) mass is 299 g/mol. The number of nitrogens with one attached hydrogen (secondary N) is 1. The molecule has 2 unspecified atom stereocenters. The Morgan fingerprint density at radius 3 is 2.89 bits per heavy atom. The molecule has 5 heteroatoms. The van der Waals surface area contributed by atoms with Crippen molar-refractivity contribution in [2.24, 2.45) is 5.92 Å². The number of sulfone groups is 1. The zero-order chi connectivity index (χ0) is 13.9.